The zero-order valence-electron chi connectivity index (χ0n) is 11.3. The van der Waals surface area contributed by atoms with Crippen molar-refractivity contribution in [2.75, 3.05) is 0 Å². The van der Waals surface area contributed by atoms with Gasteiger partial charge >= 0.3 is 5.82 Å². The van der Waals surface area contributed by atoms with Gasteiger partial charge in [0.1, 0.15) is 28.8 Å². The number of nitriles is 1. The average molecular weight is 354 g/mol. The lowest BCUT2D eigenvalue weighted by atomic mass is 10.3. The molecule has 0 saturated carbocycles. The molecule has 3 rings (SSSR count). The van der Waals surface area contributed by atoms with Gasteiger partial charge in [-0.25, -0.2) is 28.9 Å². The predicted molar refractivity (Wildman–Crippen MR) is 84.2 cm³/mol. The van der Waals surface area contributed by atoms with Crippen LogP contribution in [0.1, 0.15) is 0 Å². The Kier molecular flexibility index (Phi) is 3.63. The third-order valence-electron chi connectivity index (χ3n) is 2.89. The maximum atomic E-state index is 14.2. The van der Waals surface area contributed by atoms with Crippen molar-refractivity contribution in [3.05, 3.63) is 55.2 Å². The van der Waals surface area contributed by atoms with Gasteiger partial charge < -0.3 is 0 Å². The van der Waals surface area contributed by atoms with Crippen LogP contribution in [-0.2, 0) is 0 Å². The summed E-state index contributed by atoms with van der Waals surface area (Å²) in [5.41, 5.74) is -0.941. The summed E-state index contributed by atoms with van der Waals surface area (Å²) in [5, 5.41) is 8.90. The molecule has 112 valence electrons. The van der Waals surface area contributed by atoms with Crippen LogP contribution in [0.5, 0.6) is 0 Å². The summed E-state index contributed by atoms with van der Waals surface area (Å²) in [5.74, 6) is -2.84. The highest BCUT2D eigenvalue weighted by atomic mass is 32.1. The SMILES string of the molecule is [C-]#[N+]C([N+]#[C-])=c1nc2c(F)c(F)c3n/c(=C(\C#N)[N+]#[C-])sc3c2s1. The second-order valence-corrected chi connectivity index (χ2v) is 6.14. The summed E-state index contributed by atoms with van der Waals surface area (Å²) in [6, 6.07) is 1.65. The molecule has 3 aromatic rings. The van der Waals surface area contributed by atoms with Crippen molar-refractivity contribution in [1.82, 2.24) is 9.97 Å². The van der Waals surface area contributed by atoms with Gasteiger partial charge in [0.25, 0.3) is 5.70 Å². The van der Waals surface area contributed by atoms with Gasteiger partial charge in [-0.05, 0) is 0 Å². The van der Waals surface area contributed by atoms with Gasteiger partial charge in [-0.15, -0.1) is 22.7 Å². The Morgan fingerprint density at radius 2 is 1.42 bits per heavy atom. The Morgan fingerprint density at radius 3 is 1.88 bits per heavy atom. The third-order valence-corrected chi connectivity index (χ3v) is 5.17. The van der Waals surface area contributed by atoms with E-state index in [1.54, 1.807) is 6.07 Å². The van der Waals surface area contributed by atoms with Crippen molar-refractivity contribution in [1.29, 1.82) is 5.26 Å². The minimum atomic E-state index is -1.24. The molecule has 2 aromatic heterocycles. The number of hydrogen-bond donors (Lipinski definition) is 0. The predicted octanol–water partition coefficient (Wildman–Crippen LogP) is 2.64. The molecule has 1 aromatic carbocycles. The summed E-state index contributed by atoms with van der Waals surface area (Å²) in [4.78, 5) is 16.7. The minimum absolute atomic E-state index is 0.0228. The normalized spacial score (nSPS) is 11.4. The number of aromatic nitrogens is 2. The molecule has 0 unspecified atom stereocenters. The first kappa shape index (κ1) is 15.5. The Labute approximate surface area is 140 Å². The highest BCUT2D eigenvalue weighted by molar-refractivity contribution is 7.25. The van der Waals surface area contributed by atoms with E-state index >= 15 is 0 Å². The maximum Gasteiger partial charge on any atom is 0.555 e. The number of hydrogen-bond acceptors (Lipinski definition) is 5. The van der Waals surface area contributed by atoms with Crippen molar-refractivity contribution in [2.45, 2.75) is 0 Å². The monoisotopic (exact) mass is 354 g/mol. The van der Waals surface area contributed by atoms with E-state index < -0.39 is 11.6 Å². The Hall–Kier alpha value is -3.44. The van der Waals surface area contributed by atoms with Crippen LogP contribution in [0.25, 0.3) is 46.5 Å². The van der Waals surface area contributed by atoms with E-state index in [1.807, 2.05) is 0 Å². The van der Waals surface area contributed by atoms with Crippen molar-refractivity contribution < 1.29 is 8.78 Å². The lowest BCUT2D eigenvalue weighted by molar-refractivity contribution is 0.522. The molecule has 0 atom stereocenters. The van der Waals surface area contributed by atoms with Gasteiger partial charge in [-0.2, -0.15) is 9.69 Å². The zero-order valence-corrected chi connectivity index (χ0v) is 12.9. The van der Waals surface area contributed by atoms with Crippen LogP contribution < -0.4 is 9.33 Å². The van der Waals surface area contributed by atoms with Gasteiger partial charge in [0.15, 0.2) is 11.6 Å². The second kappa shape index (κ2) is 5.64. The fourth-order valence-corrected chi connectivity index (χ4v) is 4.02. The van der Waals surface area contributed by atoms with E-state index in [4.69, 9.17) is 25.0 Å². The molecule has 10 heteroatoms. The first-order valence-electron chi connectivity index (χ1n) is 5.90. The molecule has 0 aliphatic rings. The molecule has 2 heterocycles. The lowest BCUT2D eigenvalue weighted by Crippen LogP contribution is -2.01. The standard InChI is InChI=1S/C14F2N6S2/c1-18-5(4-17)13-21-8-6(15)7(16)9-11(10(8)23-13)24-14(22-9)12(19-2)20-3/b13-5-. The summed E-state index contributed by atoms with van der Waals surface area (Å²) in [6.45, 7) is 20.8. The summed E-state index contributed by atoms with van der Waals surface area (Å²) in [6.07, 6.45) is 0. The summed E-state index contributed by atoms with van der Waals surface area (Å²) >= 11 is 1.73. The minimum Gasteiger partial charge on any atom is -0.244 e. The Bertz CT molecular complexity index is 1190. The topological polar surface area (TPSA) is 62.6 Å². The summed E-state index contributed by atoms with van der Waals surface area (Å²) in [7, 11) is 0. The first-order valence-corrected chi connectivity index (χ1v) is 7.54. The molecule has 0 aliphatic carbocycles. The third kappa shape index (κ3) is 2.07. The number of halogens is 2. The molecule has 0 aliphatic heterocycles. The van der Waals surface area contributed by atoms with Gasteiger partial charge in [0.05, 0.1) is 22.0 Å². The van der Waals surface area contributed by atoms with Crippen LogP contribution in [-0.4, -0.2) is 9.97 Å². The molecule has 0 radical (unpaired) electrons. The van der Waals surface area contributed by atoms with Crippen LogP contribution in [0.2, 0.25) is 0 Å². The molecular formula is C14F2N6S2. The molecule has 0 N–H and O–H groups in total. The number of rotatable bonds is 0. The van der Waals surface area contributed by atoms with E-state index in [2.05, 4.69) is 24.5 Å². The fourth-order valence-electron chi connectivity index (χ4n) is 1.89. The van der Waals surface area contributed by atoms with Crippen LogP contribution in [0.15, 0.2) is 0 Å². The largest absolute Gasteiger partial charge is 0.555 e. The lowest BCUT2D eigenvalue weighted by Gasteiger charge is -1.95. The van der Waals surface area contributed by atoms with Crippen LogP contribution in [0.3, 0.4) is 0 Å². The quantitative estimate of drug-likeness (QED) is 0.583. The van der Waals surface area contributed by atoms with Crippen molar-refractivity contribution in [2.24, 2.45) is 0 Å². The molecule has 0 fully saturated rings. The highest BCUT2D eigenvalue weighted by Gasteiger charge is 2.22. The number of nitrogens with zero attached hydrogens (tertiary/aromatic N) is 6. The molecule has 24 heavy (non-hydrogen) atoms. The zero-order chi connectivity index (χ0) is 17.4. The first-order chi connectivity index (χ1) is 11.5. The highest BCUT2D eigenvalue weighted by Crippen LogP contribution is 2.32. The van der Waals surface area contributed by atoms with Crippen LogP contribution in [0.4, 0.5) is 8.78 Å². The van der Waals surface area contributed by atoms with Crippen molar-refractivity contribution >= 4 is 54.6 Å². The van der Waals surface area contributed by atoms with Crippen LogP contribution in [0, 0.1) is 42.7 Å². The fraction of sp³-hybridized carbons (Fsp3) is 0. The Balaban J connectivity index is 2.63. The molecule has 0 bridgehead atoms. The maximum absolute atomic E-state index is 14.2. The van der Waals surface area contributed by atoms with Crippen LogP contribution >= 0.6 is 22.7 Å². The number of fused-ring (bicyclic) bond motifs is 3. The van der Waals surface area contributed by atoms with E-state index in [0.29, 0.717) is 0 Å². The Morgan fingerprint density at radius 1 is 0.917 bits per heavy atom. The van der Waals surface area contributed by atoms with Gasteiger partial charge in [-0.1, -0.05) is 0 Å². The summed E-state index contributed by atoms with van der Waals surface area (Å²) < 4.78 is 28.8. The van der Waals surface area contributed by atoms with E-state index in [9.17, 15) is 8.78 Å². The molecule has 0 spiro atoms. The smallest absolute Gasteiger partial charge is 0.244 e. The van der Waals surface area contributed by atoms with Gasteiger partial charge in [-0.3, -0.25) is 0 Å². The molecule has 0 amide bonds. The van der Waals surface area contributed by atoms with Gasteiger partial charge in [0, 0.05) is 0 Å². The molecular weight excluding hydrogens is 354 g/mol. The van der Waals surface area contributed by atoms with Gasteiger partial charge in [0.2, 0.25) is 4.66 Å². The van der Waals surface area contributed by atoms with Crippen molar-refractivity contribution in [3.63, 3.8) is 0 Å². The van der Waals surface area contributed by atoms with Crippen molar-refractivity contribution in [3.8, 4) is 6.07 Å². The number of thiazole rings is 2. The van der Waals surface area contributed by atoms with E-state index in [0.717, 1.165) is 22.7 Å². The number of benzene rings is 1. The second-order valence-electron chi connectivity index (χ2n) is 4.14. The average Bonchev–Trinajstić information content (AvgIpc) is 3.20. The molecule has 0 saturated heterocycles. The molecule has 6 nitrogen and oxygen atoms in total. The van der Waals surface area contributed by atoms with E-state index in [1.165, 1.54) is 0 Å². The van der Waals surface area contributed by atoms with E-state index in [-0.39, 0.29) is 41.3 Å².